The number of ether oxygens (including phenoxy) is 2. The third-order valence-electron chi connectivity index (χ3n) is 1.95. The second kappa shape index (κ2) is 5.61. The van der Waals surface area contributed by atoms with Crippen LogP contribution in [-0.4, -0.2) is 18.9 Å². The van der Waals surface area contributed by atoms with E-state index in [0.717, 1.165) is 6.07 Å². The lowest BCUT2D eigenvalue weighted by Crippen LogP contribution is -2.19. The summed E-state index contributed by atoms with van der Waals surface area (Å²) in [5.74, 6) is -1.10. The summed E-state index contributed by atoms with van der Waals surface area (Å²) in [6, 6.07) is 3.57. The molecule has 7 heteroatoms. The van der Waals surface area contributed by atoms with Gasteiger partial charge in [-0.3, -0.25) is 4.79 Å². The third kappa shape index (κ3) is 4.52. The van der Waals surface area contributed by atoms with Gasteiger partial charge in [0.2, 0.25) is 0 Å². The van der Waals surface area contributed by atoms with Gasteiger partial charge in [-0.05, 0) is 25.1 Å². The number of hydrogen-bond donors (Lipinski definition) is 1. The van der Waals surface area contributed by atoms with Crippen LogP contribution < -0.4 is 10.5 Å². The van der Waals surface area contributed by atoms with E-state index >= 15 is 0 Å². The zero-order chi connectivity index (χ0) is 13.8. The smallest absolute Gasteiger partial charge is 0.466 e. The second-order valence-electron chi connectivity index (χ2n) is 3.40. The highest BCUT2D eigenvalue weighted by Gasteiger charge is 2.32. The van der Waals surface area contributed by atoms with E-state index in [1.165, 1.54) is 12.1 Å². The van der Waals surface area contributed by atoms with E-state index in [0.29, 0.717) is 0 Å². The molecule has 1 aromatic rings. The number of carbonyl (C=O) groups excluding carboxylic acids is 1. The highest BCUT2D eigenvalue weighted by Crippen LogP contribution is 2.28. The summed E-state index contributed by atoms with van der Waals surface area (Å²) in [7, 11) is 0. The summed E-state index contributed by atoms with van der Waals surface area (Å²) in [6.45, 7) is 1.75. The summed E-state index contributed by atoms with van der Waals surface area (Å²) in [5.41, 5.74) is 5.72. The molecule has 0 radical (unpaired) electrons. The zero-order valence-corrected chi connectivity index (χ0v) is 9.58. The van der Waals surface area contributed by atoms with E-state index in [-0.39, 0.29) is 24.3 Å². The molecule has 0 spiro atoms. The summed E-state index contributed by atoms with van der Waals surface area (Å²) in [6.07, 6.45) is -5.15. The molecule has 0 aliphatic carbocycles. The molecule has 0 bridgehead atoms. The monoisotopic (exact) mass is 263 g/mol. The van der Waals surface area contributed by atoms with Crippen LogP contribution in [0.5, 0.6) is 5.75 Å². The number of rotatable bonds is 4. The Morgan fingerprint density at radius 2 is 2.06 bits per heavy atom. The minimum absolute atomic E-state index is 0.0331. The van der Waals surface area contributed by atoms with Gasteiger partial charge < -0.3 is 15.2 Å². The number of halogens is 3. The minimum Gasteiger partial charge on any atom is -0.466 e. The van der Waals surface area contributed by atoms with Crippen LogP contribution in [0.15, 0.2) is 18.2 Å². The standard InChI is InChI=1S/C11H12F3NO3/c1-2-17-10(16)6-7-5-8(15)3-4-9(7)18-11(12,13)14/h3-5H,2,6,15H2,1H3. The average Bonchev–Trinajstić information content (AvgIpc) is 2.20. The van der Waals surface area contributed by atoms with Crippen molar-refractivity contribution in [1.29, 1.82) is 0 Å². The summed E-state index contributed by atoms with van der Waals surface area (Å²) in [5, 5.41) is 0. The number of esters is 1. The fourth-order valence-corrected chi connectivity index (χ4v) is 1.33. The molecular formula is C11H12F3NO3. The maximum absolute atomic E-state index is 12.1. The summed E-state index contributed by atoms with van der Waals surface area (Å²) >= 11 is 0. The first-order valence-electron chi connectivity index (χ1n) is 5.11. The van der Waals surface area contributed by atoms with Crippen LogP contribution in [0.25, 0.3) is 0 Å². The van der Waals surface area contributed by atoms with Gasteiger partial charge in [-0.1, -0.05) is 0 Å². The molecule has 0 aliphatic heterocycles. The van der Waals surface area contributed by atoms with Crippen molar-refractivity contribution in [3.63, 3.8) is 0 Å². The maximum Gasteiger partial charge on any atom is 0.573 e. The van der Waals surface area contributed by atoms with Crippen molar-refractivity contribution in [2.75, 3.05) is 12.3 Å². The van der Waals surface area contributed by atoms with Gasteiger partial charge in [-0.25, -0.2) is 0 Å². The van der Waals surface area contributed by atoms with Gasteiger partial charge in [-0.2, -0.15) is 0 Å². The number of benzene rings is 1. The van der Waals surface area contributed by atoms with Crippen LogP contribution >= 0.6 is 0 Å². The number of hydrogen-bond acceptors (Lipinski definition) is 4. The number of nitrogens with two attached hydrogens (primary N) is 1. The normalized spacial score (nSPS) is 11.1. The molecule has 0 saturated heterocycles. The van der Waals surface area contributed by atoms with E-state index in [9.17, 15) is 18.0 Å². The molecule has 0 saturated carbocycles. The van der Waals surface area contributed by atoms with Crippen LogP contribution in [0.4, 0.5) is 18.9 Å². The third-order valence-corrected chi connectivity index (χ3v) is 1.95. The molecule has 0 atom stereocenters. The summed E-state index contributed by atoms with van der Waals surface area (Å²) < 4.78 is 44.9. The molecule has 0 heterocycles. The van der Waals surface area contributed by atoms with Crippen LogP contribution in [0.2, 0.25) is 0 Å². The highest BCUT2D eigenvalue weighted by atomic mass is 19.4. The van der Waals surface area contributed by atoms with Crippen LogP contribution in [0, 0.1) is 0 Å². The van der Waals surface area contributed by atoms with Crippen LogP contribution in [-0.2, 0) is 16.0 Å². The first kappa shape index (κ1) is 14.1. The Morgan fingerprint density at radius 3 is 2.61 bits per heavy atom. The summed E-state index contributed by atoms with van der Waals surface area (Å²) in [4.78, 5) is 11.2. The maximum atomic E-state index is 12.1. The molecule has 1 rings (SSSR count). The van der Waals surface area contributed by atoms with Gasteiger partial charge in [0.1, 0.15) is 5.75 Å². The van der Waals surface area contributed by atoms with Crippen molar-refractivity contribution >= 4 is 11.7 Å². The van der Waals surface area contributed by atoms with Gasteiger partial charge in [0.05, 0.1) is 13.0 Å². The quantitative estimate of drug-likeness (QED) is 0.668. The van der Waals surface area contributed by atoms with Crippen molar-refractivity contribution in [2.24, 2.45) is 0 Å². The van der Waals surface area contributed by atoms with Crippen molar-refractivity contribution in [3.8, 4) is 5.75 Å². The van der Waals surface area contributed by atoms with E-state index < -0.39 is 18.1 Å². The van der Waals surface area contributed by atoms with Gasteiger partial charge >= 0.3 is 12.3 Å². The molecule has 0 unspecified atom stereocenters. The minimum atomic E-state index is -4.82. The van der Waals surface area contributed by atoms with Crippen molar-refractivity contribution in [1.82, 2.24) is 0 Å². The molecule has 1 aromatic carbocycles. The molecule has 100 valence electrons. The fourth-order valence-electron chi connectivity index (χ4n) is 1.33. The van der Waals surface area contributed by atoms with E-state index in [1.807, 2.05) is 0 Å². The molecule has 0 aliphatic rings. The lowest BCUT2D eigenvalue weighted by molar-refractivity contribution is -0.274. The molecule has 0 fully saturated rings. The predicted molar refractivity (Wildman–Crippen MR) is 57.9 cm³/mol. The molecular weight excluding hydrogens is 251 g/mol. The molecule has 0 amide bonds. The van der Waals surface area contributed by atoms with Gasteiger partial charge in [0, 0.05) is 11.3 Å². The molecule has 18 heavy (non-hydrogen) atoms. The Balaban J connectivity index is 2.93. The second-order valence-corrected chi connectivity index (χ2v) is 3.40. The fraction of sp³-hybridized carbons (Fsp3) is 0.364. The largest absolute Gasteiger partial charge is 0.573 e. The number of alkyl halides is 3. The van der Waals surface area contributed by atoms with Gasteiger partial charge in [0.25, 0.3) is 0 Å². The Morgan fingerprint density at radius 1 is 1.39 bits per heavy atom. The predicted octanol–water partition coefficient (Wildman–Crippen LogP) is 2.27. The number of nitrogen functional groups attached to an aromatic ring is 1. The van der Waals surface area contributed by atoms with Crippen molar-refractivity contribution < 1.29 is 27.4 Å². The molecule has 0 aromatic heterocycles. The lowest BCUT2D eigenvalue weighted by atomic mass is 10.1. The van der Waals surface area contributed by atoms with Crippen molar-refractivity contribution in [2.45, 2.75) is 19.7 Å². The van der Waals surface area contributed by atoms with Crippen LogP contribution in [0.1, 0.15) is 12.5 Å². The topological polar surface area (TPSA) is 61.5 Å². The number of anilines is 1. The SMILES string of the molecule is CCOC(=O)Cc1cc(N)ccc1OC(F)(F)F. The Hall–Kier alpha value is -1.92. The van der Waals surface area contributed by atoms with Crippen LogP contribution in [0.3, 0.4) is 0 Å². The first-order chi connectivity index (χ1) is 8.31. The van der Waals surface area contributed by atoms with E-state index in [4.69, 9.17) is 5.73 Å². The lowest BCUT2D eigenvalue weighted by Gasteiger charge is -2.13. The molecule has 2 N–H and O–H groups in total. The van der Waals surface area contributed by atoms with Gasteiger partial charge in [0.15, 0.2) is 0 Å². The Labute approximate surface area is 101 Å². The highest BCUT2D eigenvalue weighted by molar-refractivity contribution is 5.74. The van der Waals surface area contributed by atoms with E-state index in [2.05, 4.69) is 9.47 Å². The Bertz CT molecular complexity index is 432. The first-order valence-corrected chi connectivity index (χ1v) is 5.11. The zero-order valence-electron chi connectivity index (χ0n) is 9.58. The van der Waals surface area contributed by atoms with E-state index in [1.54, 1.807) is 6.92 Å². The Kier molecular flexibility index (Phi) is 4.41. The van der Waals surface area contributed by atoms with Crippen molar-refractivity contribution in [3.05, 3.63) is 23.8 Å². The molecule has 4 nitrogen and oxygen atoms in total. The van der Waals surface area contributed by atoms with Gasteiger partial charge in [-0.15, -0.1) is 13.2 Å². The average molecular weight is 263 g/mol. The number of carbonyl (C=O) groups is 1.